The average molecular weight is 457 g/mol. The number of amides is 2. The van der Waals surface area contributed by atoms with E-state index in [-0.39, 0.29) is 6.61 Å². The molecule has 6 nitrogen and oxygen atoms in total. The molecule has 1 aliphatic heterocycles. The molecule has 29 heavy (non-hydrogen) atoms. The number of hydrogen-bond acceptors (Lipinski definition) is 4. The Morgan fingerprint density at radius 3 is 2.41 bits per heavy atom. The van der Waals surface area contributed by atoms with Gasteiger partial charge < -0.3 is 15.4 Å². The lowest BCUT2D eigenvalue weighted by molar-refractivity contribution is -0.158. The third kappa shape index (κ3) is 3.96. The summed E-state index contributed by atoms with van der Waals surface area (Å²) in [5, 5.41) is 5.37. The fourth-order valence-electron chi connectivity index (χ4n) is 3.46. The smallest absolute Gasteiger partial charge is 0.342 e. The van der Waals surface area contributed by atoms with Crippen molar-refractivity contribution < 1.29 is 19.1 Å². The highest BCUT2D eigenvalue weighted by Crippen LogP contribution is 2.40. The molecule has 2 amide bonds. The molecule has 2 aromatic rings. The van der Waals surface area contributed by atoms with Crippen molar-refractivity contribution in [2.24, 2.45) is 0 Å². The molecule has 0 saturated carbocycles. The molecule has 1 heterocycles. The monoisotopic (exact) mass is 456 g/mol. The van der Waals surface area contributed by atoms with Crippen molar-refractivity contribution in [1.29, 1.82) is 0 Å². The molecular weight excluding hydrogens is 436 g/mol. The van der Waals surface area contributed by atoms with Crippen LogP contribution in [0.4, 0.5) is 0 Å². The second kappa shape index (κ2) is 8.61. The molecule has 2 unspecified atom stereocenters. The van der Waals surface area contributed by atoms with Gasteiger partial charge in [0.1, 0.15) is 0 Å². The molecule has 0 aromatic heterocycles. The highest BCUT2D eigenvalue weighted by molar-refractivity contribution is 9.10. The molecule has 0 bridgehead atoms. The number of esters is 1. The molecule has 0 saturated heterocycles. The van der Waals surface area contributed by atoms with Crippen LogP contribution in [0.25, 0.3) is 5.70 Å². The van der Waals surface area contributed by atoms with Crippen LogP contribution in [0.3, 0.4) is 0 Å². The van der Waals surface area contributed by atoms with Gasteiger partial charge >= 0.3 is 5.97 Å². The van der Waals surface area contributed by atoms with Crippen molar-refractivity contribution in [2.45, 2.75) is 25.3 Å². The molecule has 1 aliphatic rings. The van der Waals surface area contributed by atoms with Crippen LogP contribution in [0, 0.1) is 0 Å². The van der Waals surface area contributed by atoms with Gasteiger partial charge in [0.05, 0.1) is 6.61 Å². The summed E-state index contributed by atoms with van der Waals surface area (Å²) < 4.78 is 5.94. The lowest BCUT2D eigenvalue weighted by atomic mass is 9.75. The molecule has 0 fully saturated rings. The lowest BCUT2D eigenvalue weighted by Crippen LogP contribution is -2.68. The number of ether oxygens (including phenoxy) is 1. The van der Waals surface area contributed by atoms with Crippen molar-refractivity contribution in [1.82, 2.24) is 10.6 Å². The van der Waals surface area contributed by atoms with E-state index in [0.29, 0.717) is 15.7 Å². The zero-order valence-electron chi connectivity index (χ0n) is 16.1. The molecule has 2 aromatic carbocycles. The Morgan fingerprint density at radius 1 is 1.14 bits per heavy atom. The Bertz CT molecular complexity index is 974. The van der Waals surface area contributed by atoms with Crippen LogP contribution in [0.5, 0.6) is 0 Å². The van der Waals surface area contributed by atoms with Crippen LogP contribution in [-0.4, -0.2) is 29.9 Å². The van der Waals surface area contributed by atoms with E-state index in [9.17, 15) is 14.4 Å². The predicted octanol–water partition coefficient (Wildman–Crippen LogP) is 3.14. The second-order valence-corrected chi connectivity index (χ2v) is 7.46. The molecule has 7 heteroatoms. The van der Waals surface area contributed by atoms with Gasteiger partial charge in [-0.3, -0.25) is 9.59 Å². The number of carbonyl (C=O) groups excluding carboxylic acids is 3. The van der Waals surface area contributed by atoms with Crippen LogP contribution in [0.2, 0.25) is 0 Å². The predicted molar refractivity (Wildman–Crippen MR) is 113 cm³/mol. The molecule has 0 aliphatic carbocycles. The number of halogens is 1. The molecule has 3 rings (SSSR count). The van der Waals surface area contributed by atoms with E-state index in [0.717, 1.165) is 5.56 Å². The molecule has 150 valence electrons. The molecule has 2 N–H and O–H groups in total. The summed E-state index contributed by atoms with van der Waals surface area (Å²) in [6, 6.07) is 16.6. The fourth-order valence-corrected chi connectivity index (χ4v) is 3.99. The quantitative estimate of drug-likeness (QED) is 0.534. The first-order valence-electron chi connectivity index (χ1n) is 9.19. The normalized spacial score (nSPS) is 21.0. The van der Waals surface area contributed by atoms with Crippen LogP contribution >= 0.6 is 15.9 Å². The summed E-state index contributed by atoms with van der Waals surface area (Å²) in [5.74, 6) is -2.75. The van der Waals surface area contributed by atoms with Gasteiger partial charge in [0.2, 0.25) is 11.4 Å². The Balaban J connectivity index is 2.26. The summed E-state index contributed by atoms with van der Waals surface area (Å²) in [6.07, 6.45) is 1.78. The lowest BCUT2D eigenvalue weighted by Gasteiger charge is -2.40. The van der Waals surface area contributed by atoms with Gasteiger partial charge in [0.25, 0.3) is 5.91 Å². The highest BCUT2D eigenvalue weighted by Gasteiger charge is 2.57. The maximum absolute atomic E-state index is 13.4. The third-order valence-electron chi connectivity index (χ3n) is 4.70. The van der Waals surface area contributed by atoms with Crippen molar-refractivity contribution in [2.75, 3.05) is 6.61 Å². The Morgan fingerprint density at radius 2 is 1.79 bits per heavy atom. The van der Waals surface area contributed by atoms with Crippen LogP contribution in [0.1, 0.15) is 30.9 Å². The van der Waals surface area contributed by atoms with Gasteiger partial charge in [-0.1, -0.05) is 64.5 Å². The van der Waals surface area contributed by atoms with E-state index in [1.807, 2.05) is 54.6 Å². The Hall–Kier alpha value is -2.93. The number of benzene rings is 2. The molecule has 0 spiro atoms. The minimum absolute atomic E-state index is 0.0748. The molecular formula is C22H21BrN2O4. The summed E-state index contributed by atoms with van der Waals surface area (Å²) in [4.78, 5) is 38.5. The third-order valence-corrected chi connectivity index (χ3v) is 5.42. The summed E-state index contributed by atoms with van der Waals surface area (Å²) in [5.41, 5.74) is 0.0988. The zero-order valence-corrected chi connectivity index (χ0v) is 17.7. The first-order chi connectivity index (χ1) is 13.9. The highest BCUT2D eigenvalue weighted by atomic mass is 79.9. The maximum atomic E-state index is 13.4. The molecule has 0 radical (unpaired) electrons. The number of carbonyl (C=O) groups is 3. The van der Waals surface area contributed by atoms with E-state index in [2.05, 4.69) is 26.6 Å². The Kier molecular flexibility index (Phi) is 6.17. The van der Waals surface area contributed by atoms with E-state index >= 15 is 0 Å². The molecule has 2 atom stereocenters. The van der Waals surface area contributed by atoms with Crippen LogP contribution in [-0.2, 0) is 19.1 Å². The van der Waals surface area contributed by atoms with E-state index in [1.54, 1.807) is 13.0 Å². The minimum atomic E-state index is -1.93. The number of hydrogen-bond donors (Lipinski definition) is 2. The maximum Gasteiger partial charge on any atom is 0.342 e. The van der Waals surface area contributed by atoms with Crippen molar-refractivity contribution in [3.8, 4) is 0 Å². The van der Waals surface area contributed by atoms with Crippen LogP contribution < -0.4 is 10.6 Å². The van der Waals surface area contributed by atoms with Crippen molar-refractivity contribution in [3.63, 3.8) is 0 Å². The van der Waals surface area contributed by atoms with E-state index < -0.39 is 29.2 Å². The van der Waals surface area contributed by atoms with Gasteiger partial charge in [-0.2, -0.15) is 0 Å². The van der Waals surface area contributed by atoms with Crippen molar-refractivity contribution >= 4 is 39.4 Å². The van der Waals surface area contributed by atoms with Crippen LogP contribution in [0.15, 0.2) is 65.1 Å². The van der Waals surface area contributed by atoms with Gasteiger partial charge in [-0.05, 0) is 30.2 Å². The fraction of sp³-hybridized carbons (Fsp3) is 0.227. The van der Waals surface area contributed by atoms with Gasteiger partial charge in [0, 0.05) is 23.0 Å². The number of rotatable bonds is 5. The summed E-state index contributed by atoms with van der Waals surface area (Å²) >= 11 is 3.51. The van der Waals surface area contributed by atoms with E-state index in [4.69, 9.17) is 4.74 Å². The van der Waals surface area contributed by atoms with Crippen molar-refractivity contribution in [3.05, 3.63) is 76.3 Å². The van der Waals surface area contributed by atoms with E-state index in [1.165, 1.54) is 6.92 Å². The Labute approximate surface area is 177 Å². The standard InChI is InChI=1S/C22H21BrN2O4/c1-3-29-21(28)22(25-14(2)26)17(16-11-7-8-12-18(16)23)13-19(24-20(22)27)15-9-5-4-6-10-15/h4-13,17H,3H2,1-2H3,(H,24,27)(H,25,26). The average Bonchev–Trinajstić information content (AvgIpc) is 2.70. The SMILES string of the molecule is CCOC(=O)C1(NC(C)=O)C(=O)NC(c2ccccc2)=CC1c1ccccc1Br. The number of nitrogens with one attached hydrogen (secondary N) is 2. The summed E-state index contributed by atoms with van der Waals surface area (Å²) in [6.45, 7) is 2.99. The van der Waals surface area contributed by atoms with Gasteiger partial charge in [-0.25, -0.2) is 4.79 Å². The topological polar surface area (TPSA) is 84.5 Å². The first-order valence-corrected chi connectivity index (χ1v) is 9.98. The minimum Gasteiger partial charge on any atom is -0.464 e. The first kappa shape index (κ1) is 20.8. The summed E-state index contributed by atoms with van der Waals surface area (Å²) in [7, 11) is 0. The largest absolute Gasteiger partial charge is 0.464 e. The zero-order chi connectivity index (χ0) is 21.0. The van der Waals surface area contributed by atoms with Gasteiger partial charge in [-0.15, -0.1) is 0 Å². The second-order valence-electron chi connectivity index (χ2n) is 6.61. The van der Waals surface area contributed by atoms with Gasteiger partial charge in [0.15, 0.2) is 0 Å².